The predicted octanol–water partition coefficient (Wildman–Crippen LogP) is 4.92. The molecule has 5 aromatic rings. The Labute approximate surface area is 215 Å². The molecule has 0 aliphatic heterocycles. The highest BCUT2D eigenvalue weighted by atomic mass is 35.5. The molecule has 0 unspecified atom stereocenters. The minimum atomic E-state index is -2.74. The van der Waals surface area contributed by atoms with Crippen molar-refractivity contribution in [2.75, 3.05) is 5.32 Å². The summed E-state index contributed by atoms with van der Waals surface area (Å²) in [7, 11) is 1.73. The molecule has 4 aromatic heterocycles. The van der Waals surface area contributed by atoms with E-state index in [1.165, 1.54) is 10.7 Å². The van der Waals surface area contributed by atoms with Gasteiger partial charge in [-0.2, -0.15) is 15.3 Å². The van der Waals surface area contributed by atoms with Crippen LogP contribution in [-0.4, -0.2) is 40.2 Å². The number of rotatable bonds is 7. The van der Waals surface area contributed by atoms with Gasteiger partial charge in [0.25, 0.3) is 6.43 Å². The van der Waals surface area contributed by atoms with Crippen LogP contribution in [0.3, 0.4) is 0 Å². The van der Waals surface area contributed by atoms with E-state index in [4.69, 9.17) is 11.6 Å². The molecule has 1 aromatic carbocycles. The summed E-state index contributed by atoms with van der Waals surface area (Å²) in [6.07, 6.45) is 0.495. The number of aromatic nitrogens is 7. The zero-order valence-electron chi connectivity index (χ0n) is 20.3. The van der Waals surface area contributed by atoms with Gasteiger partial charge in [-0.3, -0.25) is 14.2 Å². The van der Waals surface area contributed by atoms with Crippen molar-refractivity contribution in [2.24, 2.45) is 7.05 Å². The lowest BCUT2D eigenvalue weighted by atomic mass is 10.1. The normalized spacial score (nSPS) is 11.5. The monoisotopic (exact) mass is 524 g/mol. The molecule has 0 fully saturated rings. The minimum Gasteiger partial charge on any atom is -0.308 e. The van der Waals surface area contributed by atoms with Gasteiger partial charge in [0, 0.05) is 41.2 Å². The number of hydrogen-bond donors (Lipinski definition) is 1. The van der Waals surface area contributed by atoms with Crippen molar-refractivity contribution in [1.29, 1.82) is 0 Å². The van der Waals surface area contributed by atoms with Gasteiger partial charge >= 0.3 is 0 Å². The van der Waals surface area contributed by atoms with Gasteiger partial charge in [-0.05, 0) is 37.6 Å². The molecular formula is C25H23ClF2N8O. The van der Waals surface area contributed by atoms with Crippen LogP contribution in [0.1, 0.15) is 28.9 Å². The van der Waals surface area contributed by atoms with E-state index >= 15 is 0 Å². The fourth-order valence-corrected chi connectivity index (χ4v) is 4.44. The third kappa shape index (κ3) is 5.08. The second kappa shape index (κ2) is 9.74. The Balaban J connectivity index is 1.41. The van der Waals surface area contributed by atoms with Crippen molar-refractivity contribution < 1.29 is 13.6 Å². The van der Waals surface area contributed by atoms with Crippen LogP contribution < -0.4 is 5.32 Å². The Bertz CT molecular complexity index is 1620. The van der Waals surface area contributed by atoms with Crippen LogP contribution >= 0.6 is 11.6 Å². The summed E-state index contributed by atoms with van der Waals surface area (Å²) in [6.45, 7) is 3.77. The average Bonchev–Trinajstić information content (AvgIpc) is 3.51. The Morgan fingerprint density at radius 3 is 2.65 bits per heavy atom. The molecule has 9 nitrogen and oxygen atoms in total. The Kier molecular flexibility index (Phi) is 6.46. The number of anilines is 1. The van der Waals surface area contributed by atoms with Crippen LogP contribution in [0.4, 0.5) is 14.6 Å². The molecular weight excluding hydrogens is 502 g/mol. The van der Waals surface area contributed by atoms with Crippen molar-refractivity contribution >= 4 is 34.4 Å². The van der Waals surface area contributed by atoms with Crippen LogP contribution in [0.15, 0.2) is 48.8 Å². The molecule has 0 atom stereocenters. The molecule has 0 saturated carbocycles. The van der Waals surface area contributed by atoms with Crippen LogP contribution in [0.2, 0.25) is 5.02 Å². The van der Waals surface area contributed by atoms with Gasteiger partial charge in [0.1, 0.15) is 6.54 Å². The largest absolute Gasteiger partial charge is 0.308 e. The number of amides is 1. The van der Waals surface area contributed by atoms with Crippen LogP contribution in [0.25, 0.3) is 22.3 Å². The SMILES string of the molecule is Cc1nn(CC(=O)Nc2cc(C)n(Cc3cccc(Cl)c3)n2)c2nc(-c3cnn(C)c3)cc(C(F)F)c12. The van der Waals surface area contributed by atoms with Gasteiger partial charge in [-0.25, -0.2) is 18.4 Å². The highest BCUT2D eigenvalue weighted by Crippen LogP contribution is 2.33. The Morgan fingerprint density at radius 1 is 1.14 bits per heavy atom. The smallest absolute Gasteiger partial charge is 0.264 e. The van der Waals surface area contributed by atoms with Gasteiger partial charge in [0.2, 0.25) is 5.91 Å². The summed E-state index contributed by atoms with van der Waals surface area (Å²) in [5.74, 6) is -0.0426. The second-order valence-electron chi connectivity index (χ2n) is 8.75. The summed E-state index contributed by atoms with van der Waals surface area (Å²) in [5, 5.41) is 16.5. The summed E-state index contributed by atoms with van der Waals surface area (Å²) >= 11 is 6.07. The van der Waals surface area contributed by atoms with E-state index in [-0.39, 0.29) is 23.1 Å². The van der Waals surface area contributed by atoms with Crippen molar-refractivity contribution in [3.05, 3.63) is 76.3 Å². The summed E-state index contributed by atoms with van der Waals surface area (Å²) in [5.41, 5.74) is 3.11. The number of nitrogens with zero attached hydrogens (tertiary/aromatic N) is 7. The molecule has 0 aliphatic carbocycles. The number of hydrogen-bond acceptors (Lipinski definition) is 5. The van der Waals surface area contributed by atoms with Gasteiger partial charge in [-0.1, -0.05) is 23.7 Å². The van der Waals surface area contributed by atoms with Gasteiger partial charge < -0.3 is 5.32 Å². The van der Waals surface area contributed by atoms with Gasteiger partial charge in [0.15, 0.2) is 11.5 Å². The van der Waals surface area contributed by atoms with E-state index < -0.39 is 12.3 Å². The molecule has 0 aliphatic rings. The molecule has 0 bridgehead atoms. The molecule has 1 N–H and O–H groups in total. The van der Waals surface area contributed by atoms with Crippen LogP contribution in [0, 0.1) is 13.8 Å². The number of pyridine rings is 1. The lowest BCUT2D eigenvalue weighted by Crippen LogP contribution is -2.20. The number of benzene rings is 1. The standard InChI is InChI=1S/C25H23ClF2N8O/c1-14-7-21(33-35(14)11-16-5-4-6-18(26)8-16)31-22(37)13-36-25-23(15(2)32-36)19(24(27)28)9-20(30-25)17-10-29-34(3)12-17/h4-10,12,24H,11,13H2,1-3H3,(H,31,33,37). The molecule has 37 heavy (non-hydrogen) atoms. The number of alkyl halides is 2. The van der Waals surface area contributed by atoms with Crippen molar-refractivity contribution in [2.45, 2.75) is 33.4 Å². The first kappa shape index (κ1) is 24.6. The number of fused-ring (bicyclic) bond motifs is 1. The highest BCUT2D eigenvalue weighted by Gasteiger charge is 2.22. The number of carbonyl (C=O) groups excluding carboxylic acids is 1. The summed E-state index contributed by atoms with van der Waals surface area (Å²) in [6, 6.07) is 10.6. The zero-order chi connectivity index (χ0) is 26.3. The van der Waals surface area contributed by atoms with Gasteiger partial charge in [-0.15, -0.1) is 0 Å². The first-order valence-electron chi connectivity index (χ1n) is 11.4. The first-order valence-corrected chi connectivity index (χ1v) is 11.8. The Hall–Kier alpha value is -4.12. The molecule has 0 radical (unpaired) electrons. The maximum absolute atomic E-state index is 14.0. The maximum atomic E-state index is 14.0. The van der Waals surface area contributed by atoms with E-state index in [1.807, 2.05) is 25.1 Å². The van der Waals surface area contributed by atoms with Gasteiger partial charge in [0.05, 0.1) is 29.5 Å². The lowest BCUT2D eigenvalue weighted by Gasteiger charge is -2.08. The topological polar surface area (TPSA) is 95.5 Å². The molecule has 1 amide bonds. The molecule has 4 heterocycles. The average molecular weight is 525 g/mol. The molecule has 0 spiro atoms. The quantitative estimate of drug-likeness (QED) is 0.326. The van der Waals surface area contributed by atoms with Crippen molar-refractivity contribution in [1.82, 2.24) is 34.3 Å². The number of aryl methyl sites for hydroxylation is 3. The van der Waals surface area contributed by atoms with E-state index in [2.05, 4.69) is 25.6 Å². The molecule has 0 saturated heterocycles. The van der Waals surface area contributed by atoms with Crippen molar-refractivity contribution in [3.63, 3.8) is 0 Å². The lowest BCUT2D eigenvalue weighted by molar-refractivity contribution is -0.116. The zero-order valence-corrected chi connectivity index (χ0v) is 21.0. The number of carbonyl (C=O) groups is 1. The third-order valence-corrected chi connectivity index (χ3v) is 6.14. The molecule has 5 rings (SSSR count). The summed E-state index contributed by atoms with van der Waals surface area (Å²) < 4.78 is 32.6. The number of halogens is 3. The fraction of sp³-hybridized carbons (Fsp3) is 0.240. The summed E-state index contributed by atoms with van der Waals surface area (Å²) in [4.78, 5) is 17.5. The third-order valence-electron chi connectivity index (χ3n) is 5.91. The first-order chi connectivity index (χ1) is 17.7. The number of nitrogens with one attached hydrogen (secondary N) is 1. The second-order valence-corrected chi connectivity index (χ2v) is 9.18. The predicted molar refractivity (Wildman–Crippen MR) is 136 cm³/mol. The maximum Gasteiger partial charge on any atom is 0.264 e. The fourth-order valence-electron chi connectivity index (χ4n) is 4.23. The van der Waals surface area contributed by atoms with E-state index in [0.29, 0.717) is 34.3 Å². The van der Waals surface area contributed by atoms with E-state index in [9.17, 15) is 13.6 Å². The molecule has 190 valence electrons. The Morgan fingerprint density at radius 2 is 1.95 bits per heavy atom. The molecule has 12 heteroatoms. The van der Waals surface area contributed by atoms with E-state index in [0.717, 1.165) is 11.3 Å². The highest BCUT2D eigenvalue weighted by molar-refractivity contribution is 6.30. The van der Waals surface area contributed by atoms with Crippen LogP contribution in [-0.2, 0) is 24.9 Å². The van der Waals surface area contributed by atoms with Crippen molar-refractivity contribution in [3.8, 4) is 11.3 Å². The van der Waals surface area contributed by atoms with E-state index in [1.54, 1.807) is 47.9 Å². The minimum absolute atomic E-state index is 0.191. The van der Waals surface area contributed by atoms with Crippen LogP contribution in [0.5, 0.6) is 0 Å².